The number of hydrogen-bond acceptors (Lipinski definition) is 3. The van der Waals surface area contributed by atoms with Crippen LogP contribution in [0.15, 0.2) is 60.9 Å². The van der Waals surface area contributed by atoms with Crippen LogP contribution in [0.3, 0.4) is 0 Å². The average Bonchev–Trinajstić information content (AvgIpc) is 3.00. The van der Waals surface area contributed by atoms with Crippen molar-refractivity contribution in [1.82, 2.24) is 9.78 Å². The third-order valence-electron chi connectivity index (χ3n) is 3.68. The van der Waals surface area contributed by atoms with E-state index in [0.717, 1.165) is 16.7 Å². The first-order valence-corrected chi connectivity index (χ1v) is 7.62. The molecular formula is C19H18N2O3. The van der Waals surface area contributed by atoms with Crippen LogP contribution in [-0.4, -0.2) is 20.9 Å². The summed E-state index contributed by atoms with van der Waals surface area (Å²) in [5, 5.41) is 13.3. The van der Waals surface area contributed by atoms with Crippen molar-refractivity contribution in [3.8, 4) is 16.9 Å². The molecule has 3 aromatic rings. The summed E-state index contributed by atoms with van der Waals surface area (Å²) in [6, 6.07) is 15.4. The SMILES string of the molecule is Cn1cc(-c2ccc(OCc3ccccc3)c(CC(=O)O)c2)cn1. The Morgan fingerprint density at radius 3 is 2.62 bits per heavy atom. The molecule has 1 heterocycles. The molecule has 0 radical (unpaired) electrons. The summed E-state index contributed by atoms with van der Waals surface area (Å²) in [5.74, 6) is -0.295. The first kappa shape index (κ1) is 15.8. The van der Waals surface area contributed by atoms with E-state index in [9.17, 15) is 9.90 Å². The minimum absolute atomic E-state index is 0.0851. The summed E-state index contributed by atoms with van der Waals surface area (Å²) in [5.41, 5.74) is 3.56. The molecule has 0 bridgehead atoms. The van der Waals surface area contributed by atoms with Crippen molar-refractivity contribution in [2.24, 2.45) is 7.05 Å². The molecule has 0 saturated carbocycles. The minimum atomic E-state index is -0.886. The van der Waals surface area contributed by atoms with Gasteiger partial charge in [0.2, 0.25) is 0 Å². The normalized spacial score (nSPS) is 10.5. The maximum Gasteiger partial charge on any atom is 0.307 e. The molecule has 0 atom stereocenters. The third-order valence-corrected chi connectivity index (χ3v) is 3.68. The van der Waals surface area contributed by atoms with E-state index >= 15 is 0 Å². The number of ether oxygens (including phenoxy) is 1. The Balaban J connectivity index is 1.86. The lowest BCUT2D eigenvalue weighted by molar-refractivity contribution is -0.136. The molecule has 0 aliphatic rings. The van der Waals surface area contributed by atoms with Gasteiger partial charge in [-0.15, -0.1) is 0 Å². The number of carboxylic acids is 1. The predicted molar refractivity (Wildman–Crippen MR) is 90.8 cm³/mol. The summed E-state index contributed by atoms with van der Waals surface area (Å²) in [6.45, 7) is 0.402. The number of carboxylic acid groups (broad SMARTS) is 1. The fourth-order valence-electron chi connectivity index (χ4n) is 2.51. The smallest absolute Gasteiger partial charge is 0.307 e. The lowest BCUT2D eigenvalue weighted by Crippen LogP contribution is -2.04. The number of aromatic nitrogens is 2. The average molecular weight is 322 g/mol. The zero-order valence-electron chi connectivity index (χ0n) is 13.3. The molecule has 0 aliphatic carbocycles. The number of aryl methyl sites for hydroxylation is 1. The molecule has 1 aromatic heterocycles. The number of benzene rings is 2. The molecule has 0 saturated heterocycles. The van der Waals surface area contributed by atoms with Gasteiger partial charge in [-0.25, -0.2) is 0 Å². The topological polar surface area (TPSA) is 64.3 Å². The van der Waals surface area contributed by atoms with Gasteiger partial charge in [0.1, 0.15) is 12.4 Å². The highest BCUT2D eigenvalue weighted by Crippen LogP contribution is 2.27. The summed E-state index contributed by atoms with van der Waals surface area (Å²) in [7, 11) is 1.85. The van der Waals surface area contributed by atoms with Crippen molar-refractivity contribution in [3.63, 3.8) is 0 Å². The second kappa shape index (κ2) is 7.00. The monoisotopic (exact) mass is 322 g/mol. The standard InChI is InChI=1S/C19H18N2O3/c1-21-12-17(11-20-21)15-7-8-18(16(9-15)10-19(22)23)24-13-14-5-3-2-4-6-14/h2-9,11-12H,10,13H2,1H3,(H,22,23). The van der Waals surface area contributed by atoms with Crippen molar-refractivity contribution in [2.45, 2.75) is 13.0 Å². The Morgan fingerprint density at radius 2 is 1.96 bits per heavy atom. The lowest BCUT2D eigenvalue weighted by Gasteiger charge is -2.12. The molecule has 3 rings (SSSR count). The van der Waals surface area contributed by atoms with Crippen LogP contribution in [0.5, 0.6) is 5.75 Å². The largest absolute Gasteiger partial charge is 0.489 e. The van der Waals surface area contributed by atoms with E-state index in [-0.39, 0.29) is 6.42 Å². The van der Waals surface area contributed by atoms with Crippen LogP contribution in [0.25, 0.3) is 11.1 Å². The number of carbonyl (C=O) groups is 1. The van der Waals surface area contributed by atoms with Crippen molar-refractivity contribution < 1.29 is 14.6 Å². The molecule has 5 heteroatoms. The number of rotatable bonds is 6. The van der Waals surface area contributed by atoms with Crippen molar-refractivity contribution in [2.75, 3.05) is 0 Å². The molecule has 0 spiro atoms. The van der Waals surface area contributed by atoms with Crippen LogP contribution in [0.1, 0.15) is 11.1 Å². The summed E-state index contributed by atoms with van der Waals surface area (Å²) < 4.78 is 7.55. The Labute approximate surface area is 140 Å². The van der Waals surface area contributed by atoms with Gasteiger partial charge in [0.25, 0.3) is 0 Å². The van der Waals surface area contributed by atoms with Crippen LogP contribution in [0.4, 0.5) is 0 Å². The predicted octanol–water partition coefficient (Wildman–Crippen LogP) is 3.29. The highest BCUT2D eigenvalue weighted by Gasteiger charge is 2.11. The Hall–Kier alpha value is -3.08. The molecule has 0 amide bonds. The third kappa shape index (κ3) is 3.81. The molecule has 0 aliphatic heterocycles. The first-order chi connectivity index (χ1) is 11.6. The molecule has 122 valence electrons. The van der Waals surface area contributed by atoms with Gasteiger partial charge in [-0.3, -0.25) is 9.48 Å². The van der Waals surface area contributed by atoms with Crippen LogP contribution in [0.2, 0.25) is 0 Å². The Morgan fingerprint density at radius 1 is 1.17 bits per heavy atom. The van der Waals surface area contributed by atoms with Gasteiger partial charge in [-0.2, -0.15) is 5.10 Å². The number of nitrogens with zero attached hydrogens (tertiary/aromatic N) is 2. The van der Waals surface area contributed by atoms with Crippen LogP contribution >= 0.6 is 0 Å². The molecule has 0 unspecified atom stereocenters. The van der Waals surface area contributed by atoms with Gasteiger partial charge < -0.3 is 9.84 Å². The van der Waals surface area contributed by atoms with Gasteiger partial charge in [0, 0.05) is 24.4 Å². The maximum absolute atomic E-state index is 11.2. The van der Waals surface area contributed by atoms with Gasteiger partial charge in [-0.1, -0.05) is 36.4 Å². The van der Waals surface area contributed by atoms with Crippen LogP contribution in [0, 0.1) is 0 Å². The van der Waals surface area contributed by atoms with Gasteiger partial charge >= 0.3 is 5.97 Å². The van der Waals surface area contributed by atoms with Crippen LogP contribution in [-0.2, 0) is 24.9 Å². The molecule has 24 heavy (non-hydrogen) atoms. The summed E-state index contributed by atoms with van der Waals surface area (Å²) in [6.07, 6.45) is 3.56. The van der Waals surface area contributed by atoms with E-state index in [1.165, 1.54) is 0 Å². The van der Waals surface area contributed by atoms with E-state index in [1.54, 1.807) is 10.9 Å². The van der Waals surface area contributed by atoms with E-state index in [1.807, 2.05) is 61.8 Å². The molecule has 2 aromatic carbocycles. The second-order valence-corrected chi connectivity index (χ2v) is 5.57. The molecule has 0 fully saturated rings. The van der Waals surface area contributed by atoms with Gasteiger partial charge in [0.05, 0.1) is 12.6 Å². The number of aliphatic carboxylic acids is 1. The molecule has 1 N–H and O–H groups in total. The van der Waals surface area contributed by atoms with E-state index in [2.05, 4.69) is 5.10 Å². The summed E-state index contributed by atoms with van der Waals surface area (Å²) in [4.78, 5) is 11.2. The van der Waals surface area contributed by atoms with Crippen molar-refractivity contribution in [3.05, 3.63) is 72.1 Å². The zero-order valence-corrected chi connectivity index (χ0v) is 13.3. The fourth-order valence-corrected chi connectivity index (χ4v) is 2.51. The molecular weight excluding hydrogens is 304 g/mol. The summed E-state index contributed by atoms with van der Waals surface area (Å²) >= 11 is 0. The maximum atomic E-state index is 11.2. The highest BCUT2D eigenvalue weighted by molar-refractivity contribution is 5.73. The van der Waals surface area contributed by atoms with Crippen molar-refractivity contribution in [1.29, 1.82) is 0 Å². The highest BCUT2D eigenvalue weighted by atomic mass is 16.5. The quantitative estimate of drug-likeness (QED) is 0.756. The minimum Gasteiger partial charge on any atom is -0.489 e. The van der Waals surface area contributed by atoms with Gasteiger partial charge in [-0.05, 0) is 23.3 Å². The van der Waals surface area contributed by atoms with E-state index in [0.29, 0.717) is 17.9 Å². The van der Waals surface area contributed by atoms with Crippen LogP contribution < -0.4 is 4.74 Å². The second-order valence-electron chi connectivity index (χ2n) is 5.57. The Kier molecular flexibility index (Phi) is 4.61. The molecule has 5 nitrogen and oxygen atoms in total. The Bertz CT molecular complexity index is 841. The first-order valence-electron chi connectivity index (χ1n) is 7.62. The zero-order chi connectivity index (χ0) is 16.9. The number of hydrogen-bond donors (Lipinski definition) is 1. The fraction of sp³-hybridized carbons (Fsp3) is 0.158. The van der Waals surface area contributed by atoms with E-state index < -0.39 is 5.97 Å². The van der Waals surface area contributed by atoms with Crippen molar-refractivity contribution >= 4 is 5.97 Å². The lowest BCUT2D eigenvalue weighted by atomic mass is 10.0. The van der Waals surface area contributed by atoms with Gasteiger partial charge in [0.15, 0.2) is 0 Å². The van der Waals surface area contributed by atoms with E-state index in [4.69, 9.17) is 4.74 Å².